The number of hydrogen-bond acceptors (Lipinski definition) is 11. The first-order valence-electron chi connectivity index (χ1n) is 12.7. The van der Waals surface area contributed by atoms with Crippen molar-refractivity contribution < 1.29 is 19.0 Å². The lowest BCUT2D eigenvalue weighted by atomic mass is 10.2. The number of benzene rings is 2. The minimum absolute atomic E-state index is 0.0887. The quantitative estimate of drug-likeness (QED) is 0.284. The third kappa shape index (κ3) is 5.98. The number of H-pyrrole nitrogens is 1. The van der Waals surface area contributed by atoms with Gasteiger partial charge in [0.15, 0.2) is 17.3 Å². The average molecular weight is 534 g/mol. The Labute approximate surface area is 225 Å². The molecule has 5 rings (SSSR count). The van der Waals surface area contributed by atoms with E-state index < -0.39 is 0 Å². The highest BCUT2D eigenvalue weighted by molar-refractivity contribution is 5.92. The van der Waals surface area contributed by atoms with Gasteiger partial charge >= 0.3 is 0 Å². The Morgan fingerprint density at radius 1 is 1.08 bits per heavy atom. The molecule has 3 heterocycles. The second kappa shape index (κ2) is 11.9. The average Bonchev–Trinajstić information content (AvgIpc) is 3.47. The highest BCUT2D eigenvalue weighted by atomic mass is 16.5. The molecule has 0 aliphatic carbocycles. The van der Waals surface area contributed by atoms with E-state index in [1.54, 1.807) is 18.4 Å². The molecule has 1 N–H and O–H groups in total. The van der Waals surface area contributed by atoms with E-state index in [1.165, 1.54) is 0 Å². The molecular weight excluding hydrogens is 502 g/mol. The number of amides is 1. The number of nitrogens with one attached hydrogen (secondary N) is 1. The Balaban J connectivity index is 1.28. The Morgan fingerprint density at radius 3 is 2.54 bits per heavy atom. The number of hydrogen-bond donors (Lipinski definition) is 1. The molecule has 0 bridgehead atoms. The molecule has 2 aromatic heterocycles. The molecule has 0 unspecified atom stereocenters. The van der Waals surface area contributed by atoms with Gasteiger partial charge in [-0.3, -0.25) is 4.79 Å². The van der Waals surface area contributed by atoms with Gasteiger partial charge in [0.25, 0.3) is 0 Å². The zero-order valence-corrected chi connectivity index (χ0v) is 22.1. The van der Waals surface area contributed by atoms with Crippen molar-refractivity contribution in [1.82, 2.24) is 35.6 Å². The Kier molecular flexibility index (Phi) is 7.96. The summed E-state index contributed by atoms with van der Waals surface area (Å²) < 4.78 is 17.3. The molecule has 39 heavy (non-hydrogen) atoms. The third-order valence-electron chi connectivity index (χ3n) is 6.31. The van der Waals surface area contributed by atoms with Crippen LogP contribution in [-0.4, -0.2) is 88.0 Å². The number of hydrazine groups is 1. The lowest BCUT2D eigenvalue weighted by Gasteiger charge is -2.40. The first-order chi connectivity index (χ1) is 19.1. The smallest absolute Gasteiger partial charge is 0.228 e. The van der Waals surface area contributed by atoms with Crippen molar-refractivity contribution in [2.24, 2.45) is 0 Å². The number of piperazine rings is 1. The predicted molar refractivity (Wildman–Crippen MR) is 144 cm³/mol. The minimum Gasteiger partial charge on any atom is -0.493 e. The van der Waals surface area contributed by atoms with Crippen LogP contribution >= 0.6 is 0 Å². The molecule has 1 fully saturated rings. The van der Waals surface area contributed by atoms with Crippen LogP contribution in [0, 0.1) is 0 Å². The number of carbonyl (C=O) groups excluding carboxylic acids is 1. The number of anilines is 2. The molecule has 0 radical (unpaired) electrons. The molecule has 0 spiro atoms. The zero-order chi connectivity index (χ0) is 27.2. The van der Waals surface area contributed by atoms with E-state index >= 15 is 0 Å². The summed E-state index contributed by atoms with van der Waals surface area (Å²) in [7, 11) is 1.60. The molecule has 2 aromatic carbocycles. The maximum atomic E-state index is 12.0. The second-order valence-electron chi connectivity index (χ2n) is 9.20. The summed E-state index contributed by atoms with van der Waals surface area (Å²) >= 11 is 0. The van der Waals surface area contributed by atoms with Crippen molar-refractivity contribution in [3.8, 4) is 17.2 Å². The number of ether oxygens (including phenoxy) is 3. The summed E-state index contributed by atoms with van der Waals surface area (Å²) in [5.41, 5.74) is 1.54. The van der Waals surface area contributed by atoms with Crippen LogP contribution < -0.4 is 24.1 Å². The normalized spacial score (nSPS) is 14.0. The van der Waals surface area contributed by atoms with Gasteiger partial charge in [-0.05, 0) is 44.2 Å². The molecule has 0 saturated carbocycles. The number of rotatable bonds is 11. The van der Waals surface area contributed by atoms with E-state index in [9.17, 15) is 4.79 Å². The molecule has 13 heteroatoms. The number of aromatic amines is 1. The van der Waals surface area contributed by atoms with Crippen molar-refractivity contribution in [2.75, 3.05) is 49.8 Å². The number of tetrazole rings is 1. The molecule has 1 aliphatic heterocycles. The molecule has 1 aliphatic rings. The summed E-state index contributed by atoms with van der Waals surface area (Å²) in [5.74, 6) is 3.32. The Morgan fingerprint density at radius 2 is 1.87 bits per heavy atom. The van der Waals surface area contributed by atoms with Gasteiger partial charge in [0.2, 0.25) is 6.41 Å². The molecule has 13 nitrogen and oxygen atoms in total. The monoisotopic (exact) mass is 533 g/mol. The Hall–Kier alpha value is -4.52. The maximum absolute atomic E-state index is 12.0. The highest BCUT2D eigenvalue weighted by Crippen LogP contribution is 2.35. The van der Waals surface area contributed by atoms with Gasteiger partial charge in [0.1, 0.15) is 17.9 Å². The maximum Gasteiger partial charge on any atom is 0.228 e. The van der Waals surface area contributed by atoms with Crippen molar-refractivity contribution in [3.05, 3.63) is 48.5 Å². The summed E-state index contributed by atoms with van der Waals surface area (Å²) in [6.07, 6.45) is 2.99. The molecule has 1 saturated heterocycles. The van der Waals surface area contributed by atoms with Gasteiger partial charge < -0.3 is 19.1 Å². The highest BCUT2D eigenvalue weighted by Gasteiger charge is 2.25. The standard InChI is InChI=1S/C26H31N9O4/c1-18(2)39-20-6-4-19(5-7-20)35(17-36)34-11-9-33(10-12-34)26-21-14-23(37-3)24(15-22(21)27-16-28-26)38-13-8-25-29-31-32-30-25/h4-7,14-18H,8-13H2,1-3H3,(H,29,30,31,32). The third-order valence-corrected chi connectivity index (χ3v) is 6.31. The first kappa shape index (κ1) is 26.1. The largest absolute Gasteiger partial charge is 0.493 e. The van der Waals surface area contributed by atoms with Crippen molar-refractivity contribution in [3.63, 3.8) is 0 Å². The van der Waals surface area contributed by atoms with Gasteiger partial charge in [-0.2, -0.15) is 5.21 Å². The van der Waals surface area contributed by atoms with Gasteiger partial charge in [-0.1, -0.05) is 5.21 Å². The van der Waals surface area contributed by atoms with E-state index in [4.69, 9.17) is 14.2 Å². The molecule has 0 atom stereocenters. The zero-order valence-electron chi connectivity index (χ0n) is 22.1. The fraction of sp³-hybridized carbons (Fsp3) is 0.385. The van der Waals surface area contributed by atoms with Crippen LogP contribution in [0.3, 0.4) is 0 Å². The van der Waals surface area contributed by atoms with Crippen LogP contribution in [0.2, 0.25) is 0 Å². The summed E-state index contributed by atoms with van der Waals surface area (Å²) in [4.78, 5) is 23.3. The van der Waals surface area contributed by atoms with Crippen molar-refractivity contribution >= 4 is 28.8 Å². The topological polar surface area (TPSA) is 135 Å². The van der Waals surface area contributed by atoms with Gasteiger partial charge in [0.05, 0.1) is 31.0 Å². The lowest BCUT2D eigenvalue weighted by Crippen LogP contribution is -2.54. The van der Waals surface area contributed by atoms with E-state index in [1.807, 2.05) is 55.3 Å². The molecular formula is C26H31N9O4. The van der Waals surface area contributed by atoms with E-state index in [0.29, 0.717) is 56.5 Å². The van der Waals surface area contributed by atoms with Gasteiger partial charge in [-0.15, -0.1) is 10.2 Å². The van der Waals surface area contributed by atoms with Crippen LogP contribution in [0.5, 0.6) is 17.2 Å². The van der Waals surface area contributed by atoms with Crippen LogP contribution in [0.25, 0.3) is 10.9 Å². The number of nitrogens with zero attached hydrogens (tertiary/aromatic N) is 8. The van der Waals surface area contributed by atoms with Crippen molar-refractivity contribution in [2.45, 2.75) is 26.4 Å². The fourth-order valence-electron chi connectivity index (χ4n) is 4.48. The molecule has 4 aromatic rings. The van der Waals surface area contributed by atoms with Crippen LogP contribution in [-0.2, 0) is 11.2 Å². The SMILES string of the molecule is COc1cc2c(N3CCN(N(C=O)c4ccc(OC(C)C)cc4)CC3)ncnc2cc1OCCc1nn[nH]n1. The van der Waals surface area contributed by atoms with Crippen LogP contribution in [0.1, 0.15) is 19.7 Å². The van der Waals surface area contributed by atoms with Crippen LogP contribution in [0.4, 0.5) is 11.5 Å². The molecule has 204 valence electrons. The molecule has 1 amide bonds. The first-order valence-corrected chi connectivity index (χ1v) is 12.7. The van der Waals surface area contributed by atoms with E-state index in [0.717, 1.165) is 34.6 Å². The Bertz CT molecular complexity index is 1370. The van der Waals surface area contributed by atoms with Crippen molar-refractivity contribution in [1.29, 1.82) is 0 Å². The predicted octanol–water partition coefficient (Wildman–Crippen LogP) is 2.26. The number of carbonyl (C=O) groups is 1. The fourth-order valence-corrected chi connectivity index (χ4v) is 4.48. The summed E-state index contributed by atoms with van der Waals surface area (Å²) in [6, 6.07) is 11.3. The van der Waals surface area contributed by atoms with E-state index in [-0.39, 0.29) is 6.10 Å². The number of aromatic nitrogens is 6. The van der Waals surface area contributed by atoms with E-state index in [2.05, 4.69) is 35.5 Å². The van der Waals surface area contributed by atoms with Gasteiger partial charge in [-0.25, -0.2) is 20.0 Å². The van der Waals surface area contributed by atoms with Gasteiger partial charge in [0, 0.05) is 44.1 Å². The van der Waals surface area contributed by atoms with Crippen LogP contribution in [0.15, 0.2) is 42.7 Å². The lowest BCUT2D eigenvalue weighted by molar-refractivity contribution is -0.110. The number of methoxy groups -OCH3 is 1. The summed E-state index contributed by atoms with van der Waals surface area (Å²) in [6.45, 7) is 6.96. The second-order valence-corrected chi connectivity index (χ2v) is 9.20. The minimum atomic E-state index is 0.0887. The number of fused-ring (bicyclic) bond motifs is 1. The summed E-state index contributed by atoms with van der Waals surface area (Å²) in [5, 5.41) is 18.4.